The van der Waals surface area contributed by atoms with Gasteiger partial charge in [-0.1, -0.05) is 114 Å². The normalized spacial score (nSPS) is 23.6. The van der Waals surface area contributed by atoms with Gasteiger partial charge in [0, 0.05) is 21.8 Å². The topological polar surface area (TPSA) is 21.9 Å². The number of para-hydroxylation sites is 3. The second-order valence-corrected chi connectivity index (χ2v) is 15.7. The second-order valence-electron chi connectivity index (χ2n) is 15.7. The molecular weight excluding hydrogens is 585 g/mol. The molecule has 6 aromatic rings. The van der Waals surface area contributed by atoms with Crippen LogP contribution in [0.4, 0.5) is 0 Å². The summed E-state index contributed by atoms with van der Waals surface area (Å²) in [6.45, 7) is 9.83. The molecule has 3 nitrogen and oxygen atoms in total. The fourth-order valence-electron chi connectivity index (χ4n) is 10.6. The standard InChI is InChI=1S/C45H51N2O/c1-5-44(3)36-25-15-13-23-32(36)43-46(37-26-16-17-27-38(37)47(43)45(44,4)6-2)41-35(31-21-11-8-12-22-31)29-34(30-19-9-7-10-20-30)40-33-24-14-18-28-39(33)48-42(40)41/h13-18,23-31H,5-12,19-22H2,1-4H3/q+1. The molecule has 2 fully saturated rings. The van der Waals surface area contributed by atoms with Gasteiger partial charge in [0.05, 0.1) is 5.56 Å². The number of hydrogen-bond donors (Lipinski definition) is 0. The number of fused-ring (bicyclic) bond motifs is 8. The van der Waals surface area contributed by atoms with E-state index in [9.17, 15) is 0 Å². The van der Waals surface area contributed by atoms with Crippen LogP contribution in [-0.2, 0) is 11.0 Å². The van der Waals surface area contributed by atoms with Crippen LogP contribution < -0.4 is 4.57 Å². The van der Waals surface area contributed by atoms with Crippen molar-refractivity contribution in [3.8, 4) is 17.1 Å². The maximum Gasteiger partial charge on any atom is 0.295 e. The molecule has 0 bridgehead atoms. The summed E-state index contributed by atoms with van der Waals surface area (Å²) in [6.07, 6.45) is 15.2. The minimum absolute atomic E-state index is 0.0172. The summed E-state index contributed by atoms with van der Waals surface area (Å²) in [4.78, 5) is 0. The third-order valence-corrected chi connectivity index (χ3v) is 13.6. The summed E-state index contributed by atoms with van der Waals surface area (Å²) < 4.78 is 12.6. The molecule has 246 valence electrons. The van der Waals surface area contributed by atoms with Crippen molar-refractivity contribution in [3.63, 3.8) is 0 Å². The van der Waals surface area contributed by atoms with E-state index in [1.165, 1.54) is 114 Å². The quantitative estimate of drug-likeness (QED) is 0.173. The molecule has 2 aliphatic carbocycles. The van der Waals surface area contributed by atoms with Crippen molar-refractivity contribution in [1.29, 1.82) is 0 Å². The smallest absolute Gasteiger partial charge is 0.295 e. The van der Waals surface area contributed by atoms with E-state index in [0.717, 1.165) is 24.0 Å². The van der Waals surface area contributed by atoms with Gasteiger partial charge in [-0.05, 0) is 92.7 Å². The second kappa shape index (κ2) is 11.4. The molecule has 3 heteroatoms. The molecule has 2 atom stereocenters. The summed E-state index contributed by atoms with van der Waals surface area (Å²) in [5, 5.41) is 2.64. The number of imidazole rings is 1. The summed E-state index contributed by atoms with van der Waals surface area (Å²) in [7, 11) is 0. The lowest BCUT2D eigenvalue weighted by atomic mass is 9.61. The molecule has 0 spiro atoms. The zero-order chi connectivity index (χ0) is 32.6. The van der Waals surface area contributed by atoms with Gasteiger partial charge in [-0.2, -0.15) is 4.57 Å². The van der Waals surface area contributed by atoms with Gasteiger partial charge < -0.3 is 4.42 Å². The molecule has 2 unspecified atom stereocenters. The number of aromatic nitrogens is 2. The average Bonchev–Trinajstić information content (AvgIpc) is 3.71. The molecule has 3 heterocycles. The van der Waals surface area contributed by atoms with Crippen LogP contribution in [0.1, 0.15) is 133 Å². The number of nitrogens with zero attached hydrogens (tertiary/aromatic N) is 2. The highest BCUT2D eigenvalue weighted by Gasteiger charge is 2.56. The molecule has 0 radical (unpaired) electrons. The van der Waals surface area contributed by atoms with Crippen LogP contribution in [0.2, 0.25) is 0 Å². The zero-order valence-electron chi connectivity index (χ0n) is 29.4. The van der Waals surface area contributed by atoms with E-state index in [4.69, 9.17) is 4.42 Å². The van der Waals surface area contributed by atoms with E-state index >= 15 is 0 Å². The third kappa shape index (κ3) is 4.09. The average molecular weight is 636 g/mol. The molecule has 1 aliphatic heterocycles. The molecule has 48 heavy (non-hydrogen) atoms. The fourth-order valence-corrected chi connectivity index (χ4v) is 10.6. The van der Waals surface area contributed by atoms with Crippen molar-refractivity contribution in [1.82, 2.24) is 4.57 Å². The van der Waals surface area contributed by atoms with E-state index in [-0.39, 0.29) is 11.0 Å². The van der Waals surface area contributed by atoms with E-state index in [0.29, 0.717) is 11.8 Å². The first-order chi connectivity index (χ1) is 23.5. The van der Waals surface area contributed by atoms with Crippen LogP contribution in [0.5, 0.6) is 0 Å². The van der Waals surface area contributed by atoms with Crippen LogP contribution >= 0.6 is 0 Å². The minimum Gasteiger partial charge on any atom is -0.452 e. The van der Waals surface area contributed by atoms with Gasteiger partial charge >= 0.3 is 0 Å². The van der Waals surface area contributed by atoms with Gasteiger partial charge in [0.15, 0.2) is 22.3 Å². The van der Waals surface area contributed by atoms with Gasteiger partial charge in [-0.25, -0.2) is 4.57 Å². The predicted octanol–water partition coefficient (Wildman–Crippen LogP) is 12.4. The maximum absolute atomic E-state index is 7.21. The van der Waals surface area contributed by atoms with Gasteiger partial charge in [0.1, 0.15) is 11.1 Å². The number of hydrogen-bond acceptors (Lipinski definition) is 1. The Morgan fingerprint density at radius 1 is 0.729 bits per heavy atom. The highest BCUT2D eigenvalue weighted by atomic mass is 16.3. The summed E-state index contributed by atoms with van der Waals surface area (Å²) in [5.41, 5.74) is 11.8. The Hall–Kier alpha value is -3.85. The lowest BCUT2D eigenvalue weighted by Crippen LogP contribution is -2.67. The first kappa shape index (κ1) is 30.2. The van der Waals surface area contributed by atoms with Crippen molar-refractivity contribution in [3.05, 3.63) is 95.6 Å². The van der Waals surface area contributed by atoms with Crippen LogP contribution in [0.15, 0.2) is 83.3 Å². The summed E-state index contributed by atoms with van der Waals surface area (Å²) in [5.74, 6) is 2.44. The van der Waals surface area contributed by atoms with E-state index < -0.39 is 0 Å². The predicted molar refractivity (Wildman–Crippen MR) is 199 cm³/mol. The van der Waals surface area contributed by atoms with Gasteiger partial charge in [-0.3, -0.25) is 0 Å². The van der Waals surface area contributed by atoms with Crippen LogP contribution in [0, 0.1) is 0 Å². The van der Waals surface area contributed by atoms with Crippen molar-refractivity contribution in [2.75, 3.05) is 0 Å². The van der Waals surface area contributed by atoms with E-state index in [1.807, 2.05) is 0 Å². The summed E-state index contributed by atoms with van der Waals surface area (Å²) in [6, 6.07) is 30.1. The summed E-state index contributed by atoms with van der Waals surface area (Å²) >= 11 is 0. The van der Waals surface area contributed by atoms with Gasteiger partial charge in [0.25, 0.3) is 5.82 Å². The lowest BCUT2D eigenvalue weighted by Gasteiger charge is -2.47. The monoisotopic (exact) mass is 635 g/mol. The fraction of sp³-hybridized carbons (Fsp3) is 0.444. The van der Waals surface area contributed by atoms with Crippen molar-refractivity contribution < 1.29 is 8.98 Å². The Balaban J connectivity index is 1.48. The highest BCUT2D eigenvalue weighted by molar-refractivity contribution is 6.10. The molecule has 2 aromatic heterocycles. The zero-order valence-corrected chi connectivity index (χ0v) is 29.4. The molecule has 3 aliphatic rings. The molecule has 0 saturated heterocycles. The Kier molecular flexibility index (Phi) is 7.15. The Labute approximate surface area is 286 Å². The van der Waals surface area contributed by atoms with Crippen LogP contribution in [0.3, 0.4) is 0 Å². The largest absolute Gasteiger partial charge is 0.452 e. The molecular formula is C45H51N2O+. The number of rotatable bonds is 5. The SMILES string of the molecule is CCC1(C)c2ccccc2-c2n(-c3c(C4CCCCC4)cc(C4CCCCC4)c4c3oc3ccccc34)c3ccccc3[n+]2C1(C)CC. The van der Waals surface area contributed by atoms with Gasteiger partial charge in [-0.15, -0.1) is 0 Å². The molecule has 9 rings (SSSR count). The lowest BCUT2D eigenvalue weighted by molar-refractivity contribution is -0.743. The highest BCUT2D eigenvalue weighted by Crippen LogP contribution is 2.53. The maximum atomic E-state index is 7.21. The van der Waals surface area contributed by atoms with E-state index in [1.54, 1.807) is 5.56 Å². The van der Waals surface area contributed by atoms with Crippen molar-refractivity contribution in [2.45, 2.75) is 128 Å². The van der Waals surface area contributed by atoms with Gasteiger partial charge in [0.2, 0.25) is 0 Å². The van der Waals surface area contributed by atoms with Crippen molar-refractivity contribution >= 4 is 33.0 Å². The Morgan fingerprint density at radius 2 is 1.38 bits per heavy atom. The van der Waals surface area contributed by atoms with E-state index in [2.05, 4.69) is 116 Å². The molecule has 2 saturated carbocycles. The number of furan rings is 1. The molecule has 0 N–H and O–H groups in total. The first-order valence-electron chi connectivity index (χ1n) is 19.1. The Bertz CT molecular complexity index is 2170. The minimum atomic E-state index is -0.115. The Morgan fingerprint density at radius 3 is 2.10 bits per heavy atom. The number of benzene rings is 4. The first-order valence-corrected chi connectivity index (χ1v) is 19.1. The third-order valence-electron chi connectivity index (χ3n) is 13.6. The van der Waals surface area contributed by atoms with Crippen LogP contribution in [0.25, 0.3) is 50.0 Å². The molecule has 0 amide bonds. The van der Waals surface area contributed by atoms with Crippen molar-refractivity contribution in [2.24, 2.45) is 0 Å². The van der Waals surface area contributed by atoms with Crippen LogP contribution in [-0.4, -0.2) is 4.57 Å². The molecule has 4 aromatic carbocycles.